The third-order valence-corrected chi connectivity index (χ3v) is 3.80. The van der Waals surface area contributed by atoms with Gasteiger partial charge in [-0.05, 0) is 24.3 Å². The maximum atomic E-state index is 12.9. The Morgan fingerprint density at radius 1 is 1.17 bits per heavy atom. The highest BCUT2D eigenvalue weighted by molar-refractivity contribution is 5.95. The molecule has 126 valence electrons. The number of hydrogen-bond donors (Lipinski definition) is 0. The first kappa shape index (κ1) is 17.6. The van der Waals surface area contributed by atoms with Crippen molar-refractivity contribution in [2.75, 3.05) is 32.6 Å². The molecular weight excluding hydrogens is 300 g/mol. The van der Waals surface area contributed by atoms with Gasteiger partial charge in [0.1, 0.15) is 5.75 Å². The van der Waals surface area contributed by atoms with E-state index in [2.05, 4.69) is 6.58 Å². The highest BCUT2D eigenvalue weighted by Crippen LogP contribution is 2.21. The Hall–Kier alpha value is -2.75. The average molecular weight is 324 g/mol. The van der Waals surface area contributed by atoms with Gasteiger partial charge in [0.25, 0.3) is 5.91 Å². The van der Waals surface area contributed by atoms with E-state index in [-0.39, 0.29) is 5.91 Å². The van der Waals surface area contributed by atoms with E-state index in [0.717, 1.165) is 17.0 Å². The lowest BCUT2D eigenvalue weighted by atomic mass is 10.1. The van der Waals surface area contributed by atoms with E-state index in [0.29, 0.717) is 18.7 Å². The lowest BCUT2D eigenvalue weighted by Gasteiger charge is -2.23. The molecule has 2 aromatic carbocycles. The van der Waals surface area contributed by atoms with E-state index in [1.54, 1.807) is 18.1 Å². The van der Waals surface area contributed by atoms with Crippen molar-refractivity contribution in [3.05, 3.63) is 72.3 Å². The van der Waals surface area contributed by atoms with E-state index in [9.17, 15) is 4.79 Å². The summed E-state index contributed by atoms with van der Waals surface area (Å²) in [7, 11) is 5.55. The van der Waals surface area contributed by atoms with Gasteiger partial charge in [-0.25, -0.2) is 0 Å². The Balaban J connectivity index is 2.28. The highest BCUT2D eigenvalue weighted by Gasteiger charge is 2.17. The Kier molecular flexibility index (Phi) is 6.01. The van der Waals surface area contributed by atoms with E-state index >= 15 is 0 Å². The lowest BCUT2D eigenvalue weighted by molar-refractivity contribution is 0.0761. The zero-order valence-corrected chi connectivity index (χ0v) is 14.5. The van der Waals surface area contributed by atoms with E-state index in [1.165, 1.54) is 0 Å². The second kappa shape index (κ2) is 8.20. The van der Waals surface area contributed by atoms with Crippen LogP contribution in [0.5, 0.6) is 5.75 Å². The third kappa shape index (κ3) is 4.16. The summed E-state index contributed by atoms with van der Waals surface area (Å²) < 4.78 is 5.39. The van der Waals surface area contributed by atoms with Crippen molar-refractivity contribution >= 4 is 11.6 Å². The number of amides is 1. The largest absolute Gasteiger partial charge is 0.496 e. The number of ether oxygens (including phenoxy) is 1. The molecule has 0 aliphatic rings. The molecule has 0 N–H and O–H groups in total. The summed E-state index contributed by atoms with van der Waals surface area (Å²) in [5.74, 6) is 0.755. The van der Waals surface area contributed by atoms with Crippen molar-refractivity contribution in [1.29, 1.82) is 0 Å². The first-order valence-electron chi connectivity index (χ1n) is 7.86. The third-order valence-electron chi connectivity index (χ3n) is 3.80. The number of carbonyl (C=O) groups is 1. The molecule has 4 nitrogen and oxygen atoms in total. The summed E-state index contributed by atoms with van der Waals surface area (Å²) in [6.07, 6.45) is 1.74. The van der Waals surface area contributed by atoms with Crippen LogP contribution < -0.4 is 9.64 Å². The Bertz CT molecular complexity index is 710. The maximum Gasteiger partial charge on any atom is 0.254 e. The number of anilines is 1. The molecule has 0 atom stereocenters. The van der Waals surface area contributed by atoms with Crippen molar-refractivity contribution in [3.8, 4) is 5.75 Å². The summed E-state index contributed by atoms with van der Waals surface area (Å²) in [6.45, 7) is 4.72. The molecule has 0 bridgehead atoms. The predicted octanol–water partition coefficient (Wildman–Crippen LogP) is 3.59. The number of benzene rings is 2. The molecule has 0 saturated heterocycles. The van der Waals surface area contributed by atoms with Gasteiger partial charge in [0.15, 0.2) is 0 Å². The van der Waals surface area contributed by atoms with E-state index < -0.39 is 0 Å². The second-order valence-electron chi connectivity index (χ2n) is 5.73. The fourth-order valence-corrected chi connectivity index (χ4v) is 2.51. The molecule has 0 spiro atoms. The first-order chi connectivity index (χ1) is 11.6. The molecule has 1 amide bonds. The number of para-hydroxylation sites is 1. The number of hydrogen-bond acceptors (Lipinski definition) is 3. The molecule has 24 heavy (non-hydrogen) atoms. The molecule has 0 heterocycles. The summed E-state index contributed by atoms with van der Waals surface area (Å²) in [6, 6.07) is 15.4. The van der Waals surface area contributed by atoms with Gasteiger partial charge in [-0.1, -0.05) is 30.3 Å². The molecule has 0 fully saturated rings. The average Bonchev–Trinajstić information content (AvgIpc) is 2.61. The summed E-state index contributed by atoms with van der Waals surface area (Å²) in [4.78, 5) is 16.7. The van der Waals surface area contributed by atoms with Gasteiger partial charge in [0.05, 0.1) is 7.11 Å². The van der Waals surface area contributed by atoms with Gasteiger partial charge in [-0.3, -0.25) is 4.79 Å². The fourth-order valence-electron chi connectivity index (χ4n) is 2.51. The molecular formula is C20H24N2O2. The van der Waals surface area contributed by atoms with Gasteiger partial charge in [0.2, 0.25) is 0 Å². The van der Waals surface area contributed by atoms with Crippen molar-refractivity contribution in [2.24, 2.45) is 0 Å². The van der Waals surface area contributed by atoms with Crippen LogP contribution in [-0.2, 0) is 6.54 Å². The molecule has 0 radical (unpaired) electrons. The molecule has 0 saturated carbocycles. The molecule has 0 unspecified atom stereocenters. The summed E-state index contributed by atoms with van der Waals surface area (Å²) in [5.41, 5.74) is 2.63. The van der Waals surface area contributed by atoms with Crippen LogP contribution in [0.3, 0.4) is 0 Å². The zero-order chi connectivity index (χ0) is 17.5. The number of nitrogens with zero attached hydrogens (tertiary/aromatic N) is 2. The topological polar surface area (TPSA) is 32.8 Å². The highest BCUT2D eigenvalue weighted by atomic mass is 16.5. The smallest absolute Gasteiger partial charge is 0.254 e. The van der Waals surface area contributed by atoms with Crippen LogP contribution in [0.25, 0.3) is 0 Å². The summed E-state index contributed by atoms with van der Waals surface area (Å²) in [5, 5.41) is 0. The van der Waals surface area contributed by atoms with Crippen LogP contribution in [0.4, 0.5) is 5.69 Å². The van der Waals surface area contributed by atoms with Gasteiger partial charge >= 0.3 is 0 Å². The van der Waals surface area contributed by atoms with Crippen LogP contribution in [0.2, 0.25) is 0 Å². The van der Waals surface area contributed by atoms with Gasteiger partial charge in [-0.15, -0.1) is 6.58 Å². The Morgan fingerprint density at radius 3 is 2.58 bits per heavy atom. The predicted molar refractivity (Wildman–Crippen MR) is 98.7 cm³/mol. The zero-order valence-electron chi connectivity index (χ0n) is 14.5. The number of methoxy groups -OCH3 is 1. The summed E-state index contributed by atoms with van der Waals surface area (Å²) >= 11 is 0. The molecule has 2 rings (SSSR count). The van der Waals surface area contributed by atoms with E-state index in [4.69, 9.17) is 4.74 Å². The fraction of sp³-hybridized carbons (Fsp3) is 0.250. The minimum atomic E-state index is -0.0236. The number of carbonyl (C=O) groups excluding carboxylic acids is 1. The standard InChI is InChI=1S/C20H24N2O2/c1-5-13-22(15-17-9-6-7-12-19(17)24-4)20(23)16-10-8-11-18(14-16)21(2)3/h5-12,14H,1,13,15H2,2-4H3. The maximum absolute atomic E-state index is 12.9. The second-order valence-corrected chi connectivity index (χ2v) is 5.73. The molecule has 0 aromatic heterocycles. The normalized spacial score (nSPS) is 10.1. The van der Waals surface area contributed by atoms with Crippen LogP contribution in [0.15, 0.2) is 61.2 Å². The van der Waals surface area contributed by atoms with Crippen LogP contribution in [0.1, 0.15) is 15.9 Å². The lowest BCUT2D eigenvalue weighted by Crippen LogP contribution is -2.31. The monoisotopic (exact) mass is 324 g/mol. The van der Waals surface area contributed by atoms with Crippen molar-refractivity contribution in [1.82, 2.24) is 4.90 Å². The van der Waals surface area contributed by atoms with Crippen molar-refractivity contribution in [2.45, 2.75) is 6.54 Å². The molecule has 0 aliphatic heterocycles. The number of rotatable bonds is 7. The van der Waals surface area contributed by atoms with Gasteiger partial charge < -0.3 is 14.5 Å². The van der Waals surface area contributed by atoms with Gasteiger partial charge in [-0.2, -0.15) is 0 Å². The van der Waals surface area contributed by atoms with Crippen LogP contribution >= 0.6 is 0 Å². The SMILES string of the molecule is C=CCN(Cc1ccccc1OC)C(=O)c1cccc(N(C)C)c1. The molecule has 0 aliphatic carbocycles. The van der Waals surface area contributed by atoms with Crippen molar-refractivity contribution in [3.63, 3.8) is 0 Å². The Labute approximate surface area is 144 Å². The first-order valence-corrected chi connectivity index (χ1v) is 7.86. The quantitative estimate of drug-likeness (QED) is 0.730. The molecule has 4 heteroatoms. The van der Waals surface area contributed by atoms with Crippen LogP contribution in [0, 0.1) is 0 Å². The molecule has 2 aromatic rings. The van der Waals surface area contributed by atoms with E-state index in [1.807, 2.05) is 67.5 Å². The minimum Gasteiger partial charge on any atom is -0.496 e. The minimum absolute atomic E-state index is 0.0236. The van der Waals surface area contributed by atoms with Gasteiger partial charge in [0, 0.05) is 44.0 Å². The van der Waals surface area contributed by atoms with Crippen LogP contribution in [-0.4, -0.2) is 38.6 Å². The Morgan fingerprint density at radius 2 is 1.92 bits per heavy atom. The van der Waals surface area contributed by atoms with Crippen molar-refractivity contribution < 1.29 is 9.53 Å².